The lowest BCUT2D eigenvalue weighted by molar-refractivity contribution is -0.0298. The average molecular weight is 359 g/mol. The SMILES string of the molecule is Oc1ccc(O)c(CNc2nc(F)nc3c2ncn3C2CCCCO2)c1. The maximum Gasteiger partial charge on any atom is 0.312 e. The van der Waals surface area contributed by atoms with Gasteiger partial charge in [0.15, 0.2) is 17.0 Å². The van der Waals surface area contributed by atoms with E-state index in [1.165, 1.54) is 18.2 Å². The van der Waals surface area contributed by atoms with Gasteiger partial charge in [-0.3, -0.25) is 4.57 Å². The molecule has 3 aromatic rings. The molecule has 8 nitrogen and oxygen atoms in total. The van der Waals surface area contributed by atoms with Crippen molar-refractivity contribution < 1.29 is 19.3 Å². The van der Waals surface area contributed by atoms with E-state index < -0.39 is 6.08 Å². The zero-order chi connectivity index (χ0) is 18.1. The van der Waals surface area contributed by atoms with Crippen LogP contribution in [0, 0.1) is 6.08 Å². The number of rotatable bonds is 4. The van der Waals surface area contributed by atoms with Crippen LogP contribution in [0.1, 0.15) is 31.1 Å². The molecule has 1 fully saturated rings. The Morgan fingerprint density at radius 2 is 2.15 bits per heavy atom. The molecule has 26 heavy (non-hydrogen) atoms. The van der Waals surface area contributed by atoms with E-state index in [1.807, 2.05) is 0 Å². The summed E-state index contributed by atoms with van der Waals surface area (Å²) in [5.74, 6) is 0.254. The summed E-state index contributed by atoms with van der Waals surface area (Å²) in [6, 6.07) is 4.19. The topological polar surface area (TPSA) is 105 Å². The summed E-state index contributed by atoms with van der Waals surface area (Å²) < 4.78 is 21.4. The molecular formula is C17H18FN5O3. The summed E-state index contributed by atoms with van der Waals surface area (Å²) in [6.45, 7) is 0.790. The summed E-state index contributed by atoms with van der Waals surface area (Å²) in [7, 11) is 0. The predicted octanol–water partition coefficient (Wildman–Crippen LogP) is 2.69. The highest BCUT2D eigenvalue weighted by atomic mass is 19.1. The quantitative estimate of drug-likeness (QED) is 0.486. The van der Waals surface area contributed by atoms with E-state index in [2.05, 4.69) is 20.3 Å². The van der Waals surface area contributed by atoms with Gasteiger partial charge in [-0.15, -0.1) is 0 Å². The summed E-state index contributed by atoms with van der Waals surface area (Å²) >= 11 is 0. The van der Waals surface area contributed by atoms with Gasteiger partial charge >= 0.3 is 6.08 Å². The molecule has 4 rings (SSSR count). The van der Waals surface area contributed by atoms with Gasteiger partial charge in [-0.1, -0.05) is 0 Å². The van der Waals surface area contributed by atoms with Crippen LogP contribution in [-0.2, 0) is 11.3 Å². The van der Waals surface area contributed by atoms with Crippen molar-refractivity contribution in [2.45, 2.75) is 32.0 Å². The van der Waals surface area contributed by atoms with Crippen LogP contribution in [0.25, 0.3) is 11.2 Å². The molecule has 3 N–H and O–H groups in total. The molecule has 3 heterocycles. The van der Waals surface area contributed by atoms with Crippen molar-refractivity contribution in [1.29, 1.82) is 0 Å². The summed E-state index contributed by atoms with van der Waals surface area (Å²) in [6.07, 6.45) is 3.33. The fourth-order valence-corrected chi connectivity index (χ4v) is 3.06. The predicted molar refractivity (Wildman–Crippen MR) is 91.2 cm³/mol. The van der Waals surface area contributed by atoms with Crippen LogP contribution in [-0.4, -0.2) is 36.3 Å². The second kappa shape index (κ2) is 6.75. The van der Waals surface area contributed by atoms with E-state index in [4.69, 9.17) is 4.74 Å². The molecule has 1 aliphatic rings. The normalized spacial score (nSPS) is 17.5. The number of fused-ring (bicyclic) bond motifs is 1. The zero-order valence-electron chi connectivity index (χ0n) is 13.9. The molecule has 1 atom stereocenters. The van der Waals surface area contributed by atoms with Crippen molar-refractivity contribution in [2.75, 3.05) is 11.9 Å². The third-order valence-corrected chi connectivity index (χ3v) is 4.37. The number of halogens is 1. The number of nitrogens with zero attached hydrogens (tertiary/aromatic N) is 4. The molecule has 0 spiro atoms. The number of anilines is 1. The van der Waals surface area contributed by atoms with Crippen molar-refractivity contribution in [3.8, 4) is 11.5 Å². The van der Waals surface area contributed by atoms with Crippen LogP contribution in [0.15, 0.2) is 24.5 Å². The van der Waals surface area contributed by atoms with Gasteiger partial charge in [0.05, 0.1) is 6.33 Å². The summed E-state index contributed by atoms with van der Waals surface area (Å²) in [4.78, 5) is 12.0. The zero-order valence-corrected chi connectivity index (χ0v) is 13.9. The van der Waals surface area contributed by atoms with Crippen molar-refractivity contribution >= 4 is 17.0 Å². The van der Waals surface area contributed by atoms with Gasteiger partial charge in [-0.2, -0.15) is 14.4 Å². The van der Waals surface area contributed by atoms with Gasteiger partial charge in [0, 0.05) is 18.7 Å². The van der Waals surface area contributed by atoms with Gasteiger partial charge in [0.2, 0.25) is 0 Å². The first-order valence-electron chi connectivity index (χ1n) is 8.38. The molecule has 0 radical (unpaired) electrons. The molecule has 0 saturated carbocycles. The fourth-order valence-electron chi connectivity index (χ4n) is 3.06. The van der Waals surface area contributed by atoms with Crippen molar-refractivity contribution in [1.82, 2.24) is 19.5 Å². The number of ether oxygens (including phenoxy) is 1. The molecule has 1 unspecified atom stereocenters. The number of aromatic hydroxyl groups is 2. The Morgan fingerprint density at radius 3 is 2.96 bits per heavy atom. The Morgan fingerprint density at radius 1 is 1.27 bits per heavy atom. The smallest absolute Gasteiger partial charge is 0.312 e. The largest absolute Gasteiger partial charge is 0.508 e. The number of benzene rings is 1. The van der Waals surface area contributed by atoms with E-state index in [0.29, 0.717) is 23.3 Å². The number of phenolic OH excluding ortho intramolecular Hbond substituents is 2. The van der Waals surface area contributed by atoms with E-state index in [9.17, 15) is 14.6 Å². The lowest BCUT2D eigenvalue weighted by Crippen LogP contribution is -2.18. The number of phenols is 2. The highest BCUT2D eigenvalue weighted by molar-refractivity contribution is 5.82. The van der Waals surface area contributed by atoms with Crippen LogP contribution < -0.4 is 5.32 Å². The summed E-state index contributed by atoms with van der Waals surface area (Å²) in [5.41, 5.74) is 1.22. The van der Waals surface area contributed by atoms with Crippen LogP contribution in [0.4, 0.5) is 10.2 Å². The van der Waals surface area contributed by atoms with Crippen molar-refractivity contribution in [2.24, 2.45) is 0 Å². The minimum absolute atomic E-state index is 0.0159. The van der Waals surface area contributed by atoms with E-state index in [1.54, 1.807) is 10.9 Å². The molecule has 0 bridgehead atoms. The minimum atomic E-state index is -0.877. The third-order valence-electron chi connectivity index (χ3n) is 4.37. The second-order valence-electron chi connectivity index (χ2n) is 6.15. The van der Waals surface area contributed by atoms with Crippen LogP contribution in [0.2, 0.25) is 0 Å². The Balaban J connectivity index is 1.65. The monoisotopic (exact) mass is 359 g/mol. The summed E-state index contributed by atoms with van der Waals surface area (Å²) in [5, 5.41) is 22.4. The fraction of sp³-hybridized carbons (Fsp3) is 0.353. The molecule has 2 aromatic heterocycles. The Bertz CT molecular complexity index is 940. The van der Waals surface area contributed by atoms with Crippen LogP contribution in [0.5, 0.6) is 11.5 Å². The van der Waals surface area contributed by atoms with Crippen molar-refractivity contribution in [3.63, 3.8) is 0 Å². The lowest BCUT2D eigenvalue weighted by Gasteiger charge is -2.23. The maximum atomic E-state index is 14.0. The van der Waals surface area contributed by atoms with Gasteiger partial charge in [0.25, 0.3) is 0 Å². The number of hydrogen-bond acceptors (Lipinski definition) is 7. The van der Waals surface area contributed by atoms with E-state index >= 15 is 0 Å². The third kappa shape index (κ3) is 3.13. The highest BCUT2D eigenvalue weighted by Gasteiger charge is 2.21. The average Bonchev–Trinajstić information content (AvgIpc) is 3.06. The molecule has 136 valence electrons. The van der Waals surface area contributed by atoms with Gasteiger partial charge in [0.1, 0.15) is 17.7 Å². The Kier molecular flexibility index (Phi) is 4.29. The second-order valence-corrected chi connectivity index (χ2v) is 6.15. The number of hydrogen-bond donors (Lipinski definition) is 3. The van der Waals surface area contributed by atoms with Crippen LogP contribution >= 0.6 is 0 Å². The molecule has 9 heteroatoms. The standard InChI is InChI=1S/C17H18FN5O3/c18-17-21-15(19-8-10-7-11(24)4-5-12(10)25)14-16(22-17)23(9-20-14)13-3-1-2-6-26-13/h4-5,7,9,13,24-25H,1-3,6,8H2,(H,19,21,22). The molecule has 1 saturated heterocycles. The molecule has 0 aliphatic carbocycles. The first-order chi connectivity index (χ1) is 12.6. The first kappa shape index (κ1) is 16.5. The number of nitrogens with one attached hydrogen (secondary N) is 1. The van der Waals surface area contributed by atoms with Gasteiger partial charge in [-0.05, 0) is 37.5 Å². The Labute approximate surface area is 148 Å². The maximum absolute atomic E-state index is 14.0. The minimum Gasteiger partial charge on any atom is -0.508 e. The first-order valence-corrected chi connectivity index (χ1v) is 8.38. The molecule has 0 amide bonds. The lowest BCUT2D eigenvalue weighted by atomic mass is 10.2. The molecule has 1 aromatic carbocycles. The molecular weight excluding hydrogens is 341 g/mol. The Hall–Kier alpha value is -2.94. The van der Waals surface area contributed by atoms with Gasteiger partial charge in [-0.25, -0.2) is 4.98 Å². The number of aromatic nitrogens is 4. The van der Waals surface area contributed by atoms with E-state index in [0.717, 1.165) is 19.3 Å². The molecule has 1 aliphatic heterocycles. The number of imidazole rings is 1. The van der Waals surface area contributed by atoms with Gasteiger partial charge < -0.3 is 20.3 Å². The van der Waals surface area contributed by atoms with E-state index in [-0.39, 0.29) is 30.1 Å². The van der Waals surface area contributed by atoms with Crippen molar-refractivity contribution in [3.05, 3.63) is 36.2 Å². The highest BCUT2D eigenvalue weighted by Crippen LogP contribution is 2.28. The van der Waals surface area contributed by atoms with Crippen LogP contribution in [0.3, 0.4) is 0 Å².